The summed E-state index contributed by atoms with van der Waals surface area (Å²) in [4.78, 5) is 10.9. The first kappa shape index (κ1) is 17.6. The summed E-state index contributed by atoms with van der Waals surface area (Å²) in [6, 6.07) is 9.15. The van der Waals surface area contributed by atoms with Gasteiger partial charge in [0, 0.05) is 50.2 Å². The average Bonchev–Trinajstić information content (AvgIpc) is 2.63. The van der Waals surface area contributed by atoms with Crippen molar-refractivity contribution in [3.05, 3.63) is 47.8 Å². The number of methoxy groups -OCH3 is 1. The average molecular weight is 342 g/mol. The van der Waals surface area contributed by atoms with Crippen molar-refractivity contribution in [2.75, 3.05) is 26.7 Å². The lowest BCUT2D eigenvalue weighted by Gasteiger charge is -2.36. The van der Waals surface area contributed by atoms with Gasteiger partial charge in [0.15, 0.2) is 0 Å². The Morgan fingerprint density at radius 3 is 2.56 bits per heavy atom. The highest BCUT2D eigenvalue weighted by molar-refractivity contribution is 5.30. The zero-order valence-electron chi connectivity index (χ0n) is 15.1. The number of piperazine rings is 1. The number of rotatable bonds is 6. The van der Waals surface area contributed by atoms with E-state index in [0.29, 0.717) is 12.1 Å². The monoisotopic (exact) mass is 342 g/mol. The summed E-state index contributed by atoms with van der Waals surface area (Å²) in [6.07, 6.45) is 3.86. The van der Waals surface area contributed by atoms with E-state index in [2.05, 4.69) is 44.5 Å². The number of hydrogen-bond donors (Lipinski definition) is 1. The molecule has 2 aromatic rings. The molecule has 0 radical (unpaired) electrons. The Hall–Kier alpha value is -2.18. The Morgan fingerprint density at radius 1 is 1.20 bits per heavy atom. The van der Waals surface area contributed by atoms with Crippen molar-refractivity contribution >= 4 is 0 Å². The summed E-state index contributed by atoms with van der Waals surface area (Å²) in [6.45, 7) is 7.81. The lowest BCUT2D eigenvalue weighted by atomic mass is 10.0. The van der Waals surface area contributed by atoms with Crippen molar-refractivity contribution < 1.29 is 9.47 Å². The van der Waals surface area contributed by atoms with Crippen molar-refractivity contribution in [1.82, 2.24) is 20.2 Å². The quantitative estimate of drug-likeness (QED) is 0.870. The van der Waals surface area contributed by atoms with E-state index in [9.17, 15) is 0 Å². The Morgan fingerprint density at radius 2 is 1.92 bits per heavy atom. The molecule has 1 aromatic carbocycles. The van der Waals surface area contributed by atoms with Crippen LogP contribution in [-0.2, 0) is 6.54 Å². The molecule has 0 bridgehead atoms. The lowest BCUT2D eigenvalue weighted by Crippen LogP contribution is -2.45. The zero-order valence-corrected chi connectivity index (χ0v) is 15.1. The van der Waals surface area contributed by atoms with Crippen LogP contribution in [0.15, 0.2) is 36.7 Å². The van der Waals surface area contributed by atoms with Crippen molar-refractivity contribution in [2.45, 2.75) is 32.5 Å². The Balaban J connectivity index is 1.71. The van der Waals surface area contributed by atoms with Crippen LogP contribution in [0.5, 0.6) is 11.8 Å². The maximum Gasteiger partial charge on any atom is 0.316 e. The molecule has 2 heterocycles. The number of benzene rings is 1. The second-order valence-corrected chi connectivity index (χ2v) is 6.50. The van der Waals surface area contributed by atoms with E-state index in [4.69, 9.17) is 9.47 Å². The van der Waals surface area contributed by atoms with Crippen molar-refractivity contribution in [3.8, 4) is 11.8 Å². The van der Waals surface area contributed by atoms with Crippen LogP contribution >= 0.6 is 0 Å². The first-order valence-corrected chi connectivity index (χ1v) is 8.72. The minimum atomic E-state index is 0.189. The number of hydrogen-bond acceptors (Lipinski definition) is 6. The van der Waals surface area contributed by atoms with Crippen LogP contribution in [0.4, 0.5) is 0 Å². The van der Waals surface area contributed by atoms with Crippen LogP contribution in [0.25, 0.3) is 0 Å². The van der Waals surface area contributed by atoms with E-state index >= 15 is 0 Å². The molecule has 0 saturated carbocycles. The molecule has 0 spiro atoms. The van der Waals surface area contributed by atoms with E-state index in [0.717, 1.165) is 37.5 Å². The van der Waals surface area contributed by atoms with Gasteiger partial charge in [-0.1, -0.05) is 12.1 Å². The molecule has 1 saturated heterocycles. The third-order valence-corrected chi connectivity index (χ3v) is 4.24. The lowest BCUT2D eigenvalue weighted by molar-refractivity contribution is 0.153. The molecule has 1 atom stereocenters. The molecule has 1 N–H and O–H groups in total. The fourth-order valence-electron chi connectivity index (χ4n) is 3.07. The van der Waals surface area contributed by atoms with E-state index in [1.54, 1.807) is 7.11 Å². The van der Waals surface area contributed by atoms with Crippen LogP contribution in [0.3, 0.4) is 0 Å². The van der Waals surface area contributed by atoms with Gasteiger partial charge in [-0.25, -0.2) is 9.97 Å². The van der Waals surface area contributed by atoms with Crippen molar-refractivity contribution in [2.24, 2.45) is 0 Å². The third-order valence-electron chi connectivity index (χ3n) is 4.24. The minimum Gasteiger partial charge on any atom is -0.491 e. The molecule has 1 aromatic heterocycles. The van der Waals surface area contributed by atoms with Crippen LogP contribution in [-0.4, -0.2) is 47.7 Å². The Labute approximate surface area is 149 Å². The van der Waals surface area contributed by atoms with Crippen molar-refractivity contribution in [1.29, 1.82) is 0 Å². The molecular weight excluding hydrogens is 316 g/mol. The van der Waals surface area contributed by atoms with Gasteiger partial charge in [-0.15, -0.1) is 0 Å². The van der Waals surface area contributed by atoms with Crippen LogP contribution in [0.1, 0.15) is 31.0 Å². The van der Waals surface area contributed by atoms with Gasteiger partial charge in [0.2, 0.25) is 0 Å². The predicted octanol–water partition coefficient (Wildman–Crippen LogP) is 2.42. The van der Waals surface area contributed by atoms with Crippen molar-refractivity contribution in [3.63, 3.8) is 0 Å². The maximum atomic E-state index is 5.74. The van der Waals surface area contributed by atoms with Gasteiger partial charge in [0.25, 0.3) is 0 Å². The summed E-state index contributed by atoms with van der Waals surface area (Å²) in [5.41, 5.74) is 2.38. The third kappa shape index (κ3) is 4.67. The van der Waals surface area contributed by atoms with Crippen LogP contribution in [0, 0.1) is 0 Å². The molecule has 1 unspecified atom stereocenters. The normalized spacial score (nSPS) is 18.3. The topological polar surface area (TPSA) is 59.5 Å². The second-order valence-electron chi connectivity index (χ2n) is 6.50. The van der Waals surface area contributed by atoms with Gasteiger partial charge in [-0.05, 0) is 31.5 Å². The number of ether oxygens (including phenoxy) is 2. The molecule has 3 rings (SSSR count). The van der Waals surface area contributed by atoms with Crippen LogP contribution < -0.4 is 14.8 Å². The highest BCUT2D eigenvalue weighted by atomic mass is 16.5. The van der Waals surface area contributed by atoms with Gasteiger partial charge in [0.1, 0.15) is 5.75 Å². The van der Waals surface area contributed by atoms with Gasteiger partial charge in [-0.3, -0.25) is 4.90 Å². The van der Waals surface area contributed by atoms with E-state index < -0.39 is 0 Å². The first-order chi connectivity index (χ1) is 12.2. The molecule has 6 nitrogen and oxygen atoms in total. The summed E-state index contributed by atoms with van der Waals surface area (Å²) in [5, 5.41) is 3.49. The number of nitrogens with one attached hydrogen (secondary N) is 1. The fourth-order valence-corrected chi connectivity index (χ4v) is 3.07. The van der Waals surface area contributed by atoms with E-state index in [1.807, 2.05) is 26.2 Å². The molecule has 1 fully saturated rings. The molecule has 1 aliphatic heterocycles. The molecule has 0 aliphatic carbocycles. The van der Waals surface area contributed by atoms with Gasteiger partial charge in [-0.2, -0.15) is 0 Å². The standard InChI is InChI=1S/C19H26N4O2/c1-14(2)25-17-6-4-16(5-7-17)18-12-20-8-9-23(18)13-15-10-21-19(24-3)22-11-15/h4-7,10-11,14,18,20H,8-9,12-13H2,1-3H3. The Kier molecular flexibility index (Phi) is 5.83. The predicted molar refractivity (Wildman–Crippen MR) is 96.8 cm³/mol. The maximum absolute atomic E-state index is 5.74. The first-order valence-electron chi connectivity index (χ1n) is 8.72. The van der Waals surface area contributed by atoms with Crippen LogP contribution in [0.2, 0.25) is 0 Å². The molecule has 1 aliphatic rings. The summed E-state index contributed by atoms with van der Waals surface area (Å²) in [7, 11) is 1.58. The fraction of sp³-hybridized carbons (Fsp3) is 0.474. The number of nitrogens with zero attached hydrogens (tertiary/aromatic N) is 3. The smallest absolute Gasteiger partial charge is 0.316 e. The largest absolute Gasteiger partial charge is 0.491 e. The van der Waals surface area contributed by atoms with E-state index in [1.165, 1.54) is 5.56 Å². The highest BCUT2D eigenvalue weighted by Crippen LogP contribution is 2.26. The Bertz CT molecular complexity index is 658. The van der Waals surface area contributed by atoms with Gasteiger partial charge in [0.05, 0.1) is 13.2 Å². The molecule has 25 heavy (non-hydrogen) atoms. The minimum absolute atomic E-state index is 0.189. The molecule has 0 amide bonds. The van der Waals surface area contributed by atoms with Gasteiger partial charge < -0.3 is 14.8 Å². The highest BCUT2D eigenvalue weighted by Gasteiger charge is 2.24. The summed E-state index contributed by atoms with van der Waals surface area (Å²) >= 11 is 0. The summed E-state index contributed by atoms with van der Waals surface area (Å²) in [5.74, 6) is 0.914. The summed E-state index contributed by atoms with van der Waals surface area (Å²) < 4.78 is 10.8. The molecule has 134 valence electrons. The van der Waals surface area contributed by atoms with E-state index in [-0.39, 0.29) is 6.10 Å². The second kappa shape index (κ2) is 8.27. The van der Waals surface area contributed by atoms with Gasteiger partial charge >= 0.3 is 6.01 Å². The molecular formula is C19H26N4O2. The zero-order chi connectivity index (χ0) is 17.6. The molecule has 6 heteroatoms. The number of aromatic nitrogens is 2. The SMILES string of the molecule is COc1ncc(CN2CCNCC2c2ccc(OC(C)C)cc2)cn1.